The van der Waals surface area contributed by atoms with Crippen LogP contribution in [0.5, 0.6) is 0 Å². The third kappa shape index (κ3) is 20.6. The zero-order chi connectivity index (χ0) is 65.8. The van der Waals surface area contributed by atoms with Crippen LogP contribution in [0.4, 0.5) is 17.1 Å². The molecule has 3 amide bonds. The van der Waals surface area contributed by atoms with E-state index >= 15 is 0 Å². The first kappa shape index (κ1) is 68.1. The van der Waals surface area contributed by atoms with E-state index < -0.39 is 0 Å². The summed E-state index contributed by atoms with van der Waals surface area (Å²) >= 11 is 3.19. The number of nitro benzene ring substituents is 3. The minimum Gasteiger partial charge on any atom is -0.342 e. The van der Waals surface area contributed by atoms with Crippen molar-refractivity contribution in [2.75, 3.05) is 57.7 Å². The fraction of sp³-hybridized carbons (Fsp3) is 0.414. The number of nitrogens with one attached hydrogen (secondary N) is 2. The van der Waals surface area contributed by atoms with Gasteiger partial charge >= 0.3 is 0 Å². The molecule has 0 unspecified atom stereocenters. The van der Waals surface area contributed by atoms with E-state index in [0.717, 1.165) is 159 Å². The van der Waals surface area contributed by atoms with Crippen molar-refractivity contribution in [1.82, 2.24) is 55.1 Å². The molecule has 2 N–H and O–H groups in total. The molecule has 4 aromatic heterocycles. The lowest BCUT2D eigenvalue weighted by molar-refractivity contribution is -0.385. The summed E-state index contributed by atoms with van der Waals surface area (Å²) in [7, 11) is 0. The Morgan fingerprint density at radius 3 is 0.883 bits per heavy atom. The van der Waals surface area contributed by atoms with Gasteiger partial charge in [-0.3, -0.25) is 74.5 Å². The summed E-state index contributed by atoms with van der Waals surface area (Å²) in [4.78, 5) is 99.6. The van der Waals surface area contributed by atoms with Crippen LogP contribution in [0.3, 0.4) is 0 Å². The van der Waals surface area contributed by atoms with E-state index in [-0.39, 0.29) is 62.6 Å². The van der Waals surface area contributed by atoms with Gasteiger partial charge in [-0.05, 0) is 141 Å². The van der Waals surface area contributed by atoms with Crippen LogP contribution < -0.4 is 10.6 Å². The van der Waals surface area contributed by atoms with Gasteiger partial charge in [-0.15, -0.1) is 0 Å². The molecule has 9 heterocycles. The molecular weight excluding hydrogens is 1260 g/mol. The van der Waals surface area contributed by atoms with Crippen molar-refractivity contribution in [3.63, 3.8) is 0 Å². The smallest absolute Gasteiger partial charge is 0.269 e. The molecule has 0 spiro atoms. The minimum atomic E-state index is -0.383. The van der Waals surface area contributed by atoms with Gasteiger partial charge in [-0.2, -0.15) is 0 Å². The Hall–Kier alpha value is -8.81. The number of carbonyl (C=O) groups excluding carboxylic acids is 3. The van der Waals surface area contributed by atoms with Gasteiger partial charge in [-0.25, -0.2) is 0 Å². The highest BCUT2D eigenvalue weighted by atomic mass is 79.9. The lowest BCUT2D eigenvalue weighted by Gasteiger charge is -2.34. The van der Waals surface area contributed by atoms with Crippen molar-refractivity contribution in [3.8, 4) is 0 Å². The Balaban J connectivity index is 0.000000204. The molecule has 0 saturated carbocycles. The molecule has 3 fully saturated rings. The van der Waals surface area contributed by atoms with Crippen molar-refractivity contribution >= 4 is 50.7 Å². The molecule has 94 heavy (non-hydrogen) atoms. The molecule has 0 radical (unpaired) electrons. The summed E-state index contributed by atoms with van der Waals surface area (Å²) in [6.07, 6.45) is 8.15. The largest absolute Gasteiger partial charge is 0.342 e. The molecule has 8 bridgehead atoms. The number of hydrogen-bond acceptors (Lipinski definition) is 17. The van der Waals surface area contributed by atoms with E-state index in [2.05, 4.69) is 58.5 Å². The van der Waals surface area contributed by atoms with E-state index in [1.54, 1.807) is 36.4 Å². The van der Waals surface area contributed by atoms with Gasteiger partial charge in [0, 0.05) is 128 Å². The average molecular weight is 1340 g/mol. The van der Waals surface area contributed by atoms with Crippen LogP contribution in [-0.2, 0) is 86.0 Å². The number of nitro groups is 3. The van der Waals surface area contributed by atoms with E-state index in [0.29, 0.717) is 75.4 Å². The summed E-state index contributed by atoms with van der Waals surface area (Å²) < 4.78 is 0. The molecule has 0 aliphatic carbocycles. The third-order valence-corrected chi connectivity index (χ3v) is 18.5. The molecule has 492 valence electrons. The van der Waals surface area contributed by atoms with Crippen molar-refractivity contribution < 1.29 is 29.2 Å². The van der Waals surface area contributed by atoms with Crippen molar-refractivity contribution in [1.29, 1.82) is 0 Å². The fourth-order valence-corrected chi connectivity index (χ4v) is 13.2. The van der Waals surface area contributed by atoms with Crippen LogP contribution in [0.15, 0.2) is 146 Å². The number of fused-ring (bicyclic) bond motifs is 8. The molecule has 7 aromatic rings. The van der Waals surface area contributed by atoms with E-state index in [1.165, 1.54) is 0 Å². The Morgan fingerprint density at radius 1 is 0.383 bits per heavy atom. The average Bonchev–Trinajstić information content (AvgIpc) is 1.09. The Labute approximate surface area is 556 Å². The maximum atomic E-state index is 13.7. The monoisotopic (exact) mass is 1340 g/mol. The van der Waals surface area contributed by atoms with Gasteiger partial charge in [0.25, 0.3) is 17.1 Å². The number of nitrogens with zero attached hydrogens (tertiary/aromatic N) is 12. The first-order valence-corrected chi connectivity index (χ1v) is 33.5. The summed E-state index contributed by atoms with van der Waals surface area (Å²) in [5, 5.41) is 39.8. The third-order valence-electron chi connectivity index (χ3n) is 18.0. The molecule has 3 aromatic carbocycles. The number of aromatic nitrogens is 4. The maximum absolute atomic E-state index is 13.7. The number of halogens is 1. The molecule has 24 heteroatoms. The number of hydrogen-bond donors (Lipinski definition) is 2. The highest BCUT2D eigenvalue weighted by Gasteiger charge is 2.29. The number of likely N-dealkylation sites (tertiary alicyclic amines) is 3. The van der Waals surface area contributed by atoms with Crippen molar-refractivity contribution in [3.05, 3.63) is 238 Å². The number of amides is 3. The first-order chi connectivity index (χ1) is 45.6. The predicted octanol–water partition coefficient (Wildman–Crippen LogP) is 9.71. The van der Waals surface area contributed by atoms with Crippen LogP contribution in [-0.4, -0.2) is 135 Å². The van der Waals surface area contributed by atoms with Crippen molar-refractivity contribution in [2.24, 2.45) is 17.8 Å². The Kier molecular flexibility index (Phi) is 24.5. The number of pyridine rings is 4. The summed E-state index contributed by atoms with van der Waals surface area (Å²) in [5.74, 6) is 1.71. The van der Waals surface area contributed by atoms with Gasteiger partial charge < -0.3 is 25.3 Å². The summed E-state index contributed by atoms with van der Waals surface area (Å²) in [5.41, 5.74) is 11.3. The van der Waals surface area contributed by atoms with Crippen LogP contribution in [0.25, 0.3) is 0 Å². The highest BCUT2D eigenvalue weighted by molar-refractivity contribution is 9.09. The number of benzene rings is 3. The Morgan fingerprint density at radius 2 is 0.628 bits per heavy atom. The molecular formula is C70H81BrN14O9. The second-order valence-electron chi connectivity index (χ2n) is 25.0. The van der Waals surface area contributed by atoms with E-state index in [9.17, 15) is 44.7 Å². The summed E-state index contributed by atoms with van der Waals surface area (Å²) in [6, 6.07) is 44.5. The number of piperidine rings is 3. The van der Waals surface area contributed by atoms with Gasteiger partial charge in [0.15, 0.2) is 0 Å². The maximum Gasteiger partial charge on any atom is 0.269 e. The zero-order valence-corrected chi connectivity index (χ0v) is 54.5. The van der Waals surface area contributed by atoms with E-state index in [4.69, 9.17) is 9.97 Å². The van der Waals surface area contributed by atoms with Crippen molar-refractivity contribution in [2.45, 2.75) is 110 Å². The topological polar surface area (TPSA) is 272 Å². The zero-order valence-electron chi connectivity index (χ0n) is 52.9. The quantitative estimate of drug-likeness (QED) is 0.0582. The van der Waals surface area contributed by atoms with Gasteiger partial charge in [0.05, 0.1) is 78.7 Å². The van der Waals surface area contributed by atoms with Gasteiger partial charge in [0.1, 0.15) is 0 Å². The minimum absolute atomic E-state index is 0.0817. The lowest BCUT2D eigenvalue weighted by atomic mass is 9.90. The SMILES string of the molecule is O=C(CBr)N1CCC(Cc2ccc([N+](=O)[O-])cc2)CC1.O=C(CN1Cc2cccc(n2)CN(CC(=O)N2CCC(Cc3ccc([N+](=O)[O-])cc3)CC2)Cc2cccc(n2)C1)N1CCC(Cc2ccc([N+](=O)[O-])cc2)CC1.c1cc2nc(c1)CNCc1cccc(n1)CNC2. The second kappa shape index (κ2) is 33.9. The van der Waals surface area contributed by atoms with Crippen LogP contribution in [0, 0.1) is 48.1 Å². The number of alkyl halides is 1. The number of carbonyl (C=O) groups is 3. The first-order valence-electron chi connectivity index (χ1n) is 32.4. The molecule has 5 aliphatic rings. The van der Waals surface area contributed by atoms with Crippen LogP contribution >= 0.6 is 15.9 Å². The second-order valence-corrected chi connectivity index (χ2v) is 25.5. The number of non-ortho nitro benzene ring substituents is 3. The van der Waals surface area contributed by atoms with Gasteiger partial charge in [-0.1, -0.05) is 76.6 Å². The van der Waals surface area contributed by atoms with Crippen LogP contribution in [0.1, 0.15) is 101 Å². The normalized spacial score (nSPS) is 16.8. The molecule has 12 rings (SSSR count). The molecule has 0 atom stereocenters. The molecule has 5 aliphatic heterocycles. The summed E-state index contributed by atoms with van der Waals surface area (Å²) in [6.45, 7) is 9.87. The van der Waals surface area contributed by atoms with Crippen LogP contribution in [0.2, 0.25) is 0 Å². The van der Waals surface area contributed by atoms with E-state index in [1.807, 2.05) is 112 Å². The standard InChI is InChI=1S/C42H48N8O6.C14H17BrN2O3.C14H16N4/c51-41(47-19-15-33(16-20-47)23-31-7-11-39(12-8-31)49(53)54)29-45-25-35-3-1-4-36(43-35)26-46(28-38-6-2-5-37(27-45)44-38)30-42(52)48-21-17-34(18-22-48)24-32-9-13-40(14-10-32)50(55)56;15-10-14(18)16-7-5-12(6-8-16)9-11-1-3-13(4-2-11)17(19)20;1-3-11-7-15-9-13-5-2-6-14(18-13)10-16-8-12(4-1)17-11/h1-14,33-34H,15-30H2;1-4,12H,5-10H2;1-6,15-16H,7-10H2. The highest BCUT2D eigenvalue weighted by Crippen LogP contribution is 2.28. The lowest BCUT2D eigenvalue weighted by Crippen LogP contribution is -2.44. The molecule has 3 saturated heterocycles. The Bertz CT molecular complexity index is 3420. The van der Waals surface area contributed by atoms with Gasteiger partial charge in [0.2, 0.25) is 17.7 Å². The predicted molar refractivity (Wildman–Crippen MR) is 358 cm³/mol. The fourth-order valence-electron chi connectivity index (χ4n) is 12.8. The number of rotatable bonds is 14. The molecule has 23 nitrogen and oxygen atoms in total.